The average molecular weight is 560 g/mol. The van der Waals surface area contributed by atoms with Gasteiger partial charge in [-0.3, -0.25) is 14.5 Å². The summed E-state index contributed by atoms with van der Waals surface area (Å²) >= 11 is 0. The van der Waals surface area contributed by atoms with E-state index < -0.39 is 42.4 Å². The quantitative estimate of drug-likeness (QED) is 0.288. The first kappa shape index (κ1) is 29.3. The van der Waals surface area contributed by atoms with Crippen LogP contribution < -0.4 is 10.6 Å². The van der Waals surface area contributed by atoms with E-state index in [1.165, 1.54) is 0 Å². The number of fused-ring (bicyclic) bond motifs is 3. The Morgan fingerprint density at radius 3 is 2.02 bits per heavy atom. The molecule has 0 aliphatic heterocycles. The minimum Gasteiger partial charge on any atom is -0.480 e. The molecule has 0 saturated carbocycles. The molecule has 10 nitrogen and oxygen atoms in total. The van der Waals surface area contributed by atoms with Gasteiger partial charge >= 0.3 is 18.0 Å². The molecule has 214 valence electrons. The number of ether oxygens (including phenoxy) is 2. The lowest BCUT2D eigenvalue weighted by molar-refractivity contribution is -0.149. The van der Waals surface area contributed by atoms with Crippen molar-refractivity contribution in [3.8, 4) is 11.1 Å². The van der Waals surface area contributed by atoms with Crippen LogP contribution in [0.25, 0.3) is 11.1 Å². The van der Waals surface area contributed by atoms with Gasteiger partial charge in [0.1, 0.15) is 18.7 Å². The molecular formula is C31H33N3O7. The molecule has 3 N–H and O–H groups in total. The van der Waals surface area contributed by atoms with Crippen LogP contribution >= 0.6 is 0 Å². The molecule has 1 aliphatic carbocycles. The van der Waals surface area contributed by atoms with E-state index in [-0.39, 0.29) is 19.1 Å². The van der Waals surface area contributed by atoms with Gasteiger partial charge in [-0.2, -0.15) is 0 Å². The van der Waals surface area contributed by atoms with Crippen LogP contribution in [0.3, 0.4) is 0 Å². The van der Waals surface area contributed by atoms with Gasteiger partial charge in [0, 0.05) is 19.0 Å². The summed E-state index contributed by atoms with van der Waals surface area (Å²) in [6, 6.07) is 22.7. The first-order valence-electron chi connectivity index (χ1n) is 13.2. The fourth-order valence-corrected chi connectivity index (χ4v) is 4.97. The molecule has 0 heterocycles. The fourth-order valence-electron chi connectivity index (χ4n) is 4.97. The van der Waals surface area contributed by atoms with Crippen molar-refractivity contribution in [2.45, 2.75) is 31.0 Å². The third kappa shape index (κ3) is 7.49. The molecule has 10 heteroatoms. The first-order chi connectivity index (χ1) is 19.8. The zero-order valence-corrected chi connectivity index (χ0v) is 22.9. The number of carboxylic acid groups (broad SMARTS) is 1. The highest BCUT2D eigenvalue weighted by atomic mass is 16.5. The SMILES string of the molecule is COC(=O)C[C@H](NC(=O)C(CN(C)Cc1ccccc1)NC(=O)OCC1c2ccccc2-c2ccccc21)C(=O)O. The zero-order valence-electron chi connectivity index (χ0n) is 22.9. The van der Waals surface area contributed by atoms with Crippen LogP contribution in [0, 0.1) is 0 Å². The monoisotopic (exact) mass is 559 g/mol. The van der Waals surface area contributed by atoms with Crippen LogP contribution in [0.4, 0.5) is 4.79 Å². The highest BCUT2D eigenvalue weighted by Crippen LogP contribution is 2.44. The van der Waals surface area contributed by atoms with E-state index in [1.54, 1.807) is 7.05 Å². The van der Waals surface area contributed by atoms with Crippen LogP contribution in [0.2, 0.25) is 0 Å². The number of likely N-dealkylation sites (N-methyl/N-ethyl adjacent to an activating group) is 1. The maximum atomic E-state index is 13.2. The summed E-state index contributed by atoms with van der Waals surface area (Å²) in [4.78, 5) is 51.4. The second-order valence-electron chi connectivity index (χ2n) is 9.88. The van der Waals surface area contributed by atoms with Gasteiger partial charge < -0.3 is 25.2 Å². The normalized spacial score (nSPS) is 13.4. The van der Waals surface area contributed by atoms with Gasteiger partial charge in [-0.05, 0) is 34.9 Å². The molecule has 0 spiro atoms. The number of nitrogens with zero attached hydrogens (tertiary/aromatic N) is 1. The summed E-state index contributed by atoms with van der Waals surface area (Å²) in [6.07, 6.45) is -1.38. The number of carboxylic acids is 1. The molecule has 0 radical (unpaired) electrons. The Labute approximate surface area is 238 Å². The highest BCUT2D eigenvalue weighted by molar-refractivity contribution is 5.91. The number of amides is 2. The van der Waals surface area contributed by atoms with E-state index in [0.717, 1.165) is 34.9 Å². The molecule has 3 aromatic carbocycles. The van der Waals surface area contributed by atoms with Crippen molar-refractivity contribution in [1.29, 1.82) is 0 Å². The van der Waals surface area contributed by atoms with Crippen molar-refractivity contribution >= 4 is 23.9 Å². The largest absolute Gasteiger partial charge is 0.480 e. The van der Waals surface area contributed by atoms with Crippen molar-refractivity contribution in [3.63, 3.8) is 0 Å². The molecular weight excluding hydrogens is 526 g/mol. The summed E-state index contributed by atoms with van der Waals surface area (Å²) in [5.41, 5.74) is 5.25. The number of hydrogen-bond donors (Lipinski definition) is 3. The lowest BCUT2D eigenvalue weighted by Crippen LogP contribution is -2.55. The second-order valence-corrected chi connectivity index (χ2v) is 9.88. The van der Waals surface area contributed by atoms with E-state index in [4.69, 9.17) is 4.74 Å². The molecule has 0 fully saturated rings. The van der Waals surface area contributed by atoms with Crippen molar-refractivity contribution in [2.75, 3.05) is 27.3 Å². The molecule has 41 heavy (non-hydrogen) atoms. The lowest BCUT2D eigenvalue weighted by Gasteiger charge is -2.26. The molecule has 3 aromatic rings. The Balaban J connectivity index is 1.46. The van der Waals surface area contributed by atoms with Gasteiger partial charge in [-0.25, -0.2) is 9.59 Å². The van der Waals surface area contributed by atoms with Gasteiger partial charge in [-0.15, -0.1) is 0 Å². The first-order valence-corrected chi connectivity index (χ1v) is 13.2. The molecule has 0 aromatic heterocycles. The summed E-state index contributed by atoms with van der Waals surface area (Å²) in [6.45, 7) is 0.575. The van der Waals surface area contributed by atoms with Crippen molar-refractivity contribution in [2.24, 2.45) is 0 Å². The molecule has 4 rings (SSSR count). The number of alkyl carbamates (subject to hydrolysis) is 1. The van der Waals surface area contributed by atoms with Gasteiger partial charge in [0.2, 0.25) is 5.91 Å². The number of carbonyl (C=O) groups is 4. The molecule has 2 atom stereocenters. The van der Waals surface area contributed by atoms with E-state index in [1.807, 2.05) is 83.8 Å². The predicted octanol–water partition coefficient (Wildman–Crippen LogP) is 3.16. The highest BCUT2D eigenvalue weighted by Gasteiger charge is 2.32. The van der Waals surface area contributed by atoms with Crippen molar-refractivity contribution < 1.29 is 33.8 Å². The third-order valence-corrected chi connectivity index (χ3v) is 6.95. The molecule has 1 aliphatic rings. The van der Waals surface area contributed by atoms with E-state index >= 15 is 0 Å². The molecule has 1 unspecified atom stereocenters. The minimum atomic E-state index is -1.53. The topological polar surface area (TPSA) is 134 Å². The van der Waals surface area contributed by atoms with Crippen LogP contribution in [0.15, 0.2) is 78.9 Å². The van der Waals surface area contributed by atoms with E-state index in [2.05, 4.69) is 15.4 Å². The number of rotatable bonds is 12. The number of aliphatic carboxylic acids is 1. The molecule has 0 saturated heterocycles. The van der Waals surface area contributed by atoms with E-state index in [0.29, 0.717) is 6.54 Å². The van der Waals surface area contributed by atoms with Crippen LogP contribution in [0.1, 0.15) is 29.0 Å². The Kier molecular flexibility index (Phi) is 9.70. The number of carbonyl (C=O) groups excluding carboxylic acids is 3. The lowest BCUT2D eigenvalue weighted by atomic mass is 9.98. The van der Waals surface area contributed by atoms with Crippen molar-refractivity contribution in [3.05, 3.63) is 95.6 Å². The summed E-state index contributed by atoms with van der Waals surface area (Å²) in [7, 11) is 2.90. The Morgan fingerprint density at radius 2 is 1.44 bits per heavy atom. The maximum Gasteiger partial charge on any atom is 0.407 e. The zero-order chi connectivity index (χ0) is 29.4. The Morgan fingerprint density at radius 1 is 0.854 bits per heavy atom. The summed E-state index contributed by atoms with van der Waals surface area (Å²) < 4.78 is 10.2. The Hall–Kier alpha value is -4.70. The van der Waals surface area contributed by atoms with Gasteiger partial charge in [-0.1, -0.05) is 78.9 Å². The summed E-state index contributed by atoms with van der Waals surface area (Å²) in [5.74, 6) is -3.13. The Bertz CT molecular complexity index is 1350. The number of nitrogens with one attached hydrogen (secondary N) is 2. The molecule has 0 bridgehead atoms. The van der Waals surface area contributed by atoms with Crippen LogP contribution in [-0.4, -0.2) is 73.3 Å². The maximum absolute atomic E-state index is 13.2. The van der Waals surface area contributed by atoms with Crippen LogP contribution in [-0.2, 0) is 30.4 Å². The fraction of sp³-hybridized carbons (Fsp3) is 0.290. The summed E-state index contributed by atoms with van der Waals surface area (Å²) in [5, 5.41) is 14.5. The average Bonchev–Trinajstić information content (AvgIpc) is 3.29. The number of hydrogen-bond acceptors (Lipinski definition) is 7. The van der Waals surface area contributed by atoms with E-state index in [9.17, 15) is 24.3 Å². The smallest absolute Gasteiger partial charge is 0.407 e. The third-order valence-electron chi connectivity index (χ3n) is 6.95. The van der Waals surface area contributed by atoms with Crippen LogP contribution in [0.5, 0.6) is 0 Å². The standard InChI is InChI=1S/C31H33N3O7/c1-34(17-20-10-4-3-5-11-20)18-27(29(36)32-26(30(37)38)16-28(35)40-2)33-31(39)41-19-25-23-14-8-6-12-21(23)22-13-7-9-15-24(22)25/h3-15,25-27H,16-19H2,1-2H3,(H,32,36)(H,33,39)(H,37,38)/t26-,27?/m0/s1. The predicted molar refractivity (Wildman–Crippen MR) is 151 cm³/mol. The van der Waals surface area contributed by atoms with Gasteiger partial charge in [0.15, 0.2) is 0 Å². The second kappa shape index (κ2) is 13.6. The number of methoxy groups -OCH3 is 1. The molecule has 2 amide bonds. The minimum absolute atomic E-state index is 0.0497. The number of benzene rings is 3. The van der Waals surface area contributed by atoms with Gasteiger partial charge in [0.05, 0.1) is 13.5 Å². The van der Waals surface area contributed by atoms with Gasteiger partial charge in [0.25, 0.3) is 0 Å². The van der Waals surface area contributed by atoms with Crippen molar-refractivity contribution in [1.82, 2.24) is 15.5 Å². The number of esters is 1.